The Kier molecular flexibility index (Phi) is 4.75. The number of pyridine rings is 1. The van der Waals surface area contributed by atoms with E-state index in [9.17, 15) is 18.4 Å². The van der Waals surface area contributed by atoms with Crippen LogP contribution in [0, 0.1) is 11.6 Å². The van der Waals surface area contributed by atoms with Crippen molar-refractivity contribution in [1.29, 1.82) is 0 Å². The number of carboxylic acid groups (broad SMARTS) is 1. The number of carbonyl (C=O) groups is 1. The summed E-state index contributed by atoms with van der Waals surface area (Å²) in [6.07, 6.45) is 0.108. The molecule has 152 valence electrons. The molecule has 10 heteroatoms. The molecule has 0 bridgehead atoms. The lowest BCUT2D eigenvalue weighted by Crippen LogP contribution is -2.21. The standard InChI is InChI=1S/C20H13ClF2N4O3/c1-26-18-10(9-24-27(18)17-15(22)3-2-4-16(17)23)7-13(19(26)28)12-8-11(25-20(29)30)5-6-14(12)21/h2-9,25H,1H3,(H,29,30). The van der Waals surface area contributed by atoms with Gasteiger partial charge in [-0.3, -0.25) is 14.7 Å². The van der Waals surface area contributed by atoms with Gasteiger partial charge in [-0.25, -0.2) is 18.3 Å². The number of nitrogens with one attached hydrogen (secondary N) is 1. The minimum Gasteiger partial charge on any atom is -0.465 e. The number of fused-ring (bicyclic) bond motifs is 1. The topological polar surface area (TPSA) is 89.2 Å². The Morgan fingerprint density at radius 1 is 1.13 bits per heavy atom. The molecule has 0 aliphatic rings. The zero-order chi connectivity index (χ0) is 21.6. The summed E-state index contributed by atoms with van der Waals surface area (Å²) in [6, 6.07) is 9.27. The van der Waals surface area contributed by atoms with Crippen molar-refractivity contribution < 1.29 is 18.7 Å². The average Bonchev–Trinajstić information content (AvgIpc) is 3.09. The highest BCUT2D eigenvalue weighted by molar-refractivity contribution is 6.33. The van der Waals surface area contributed by atoms with Crippen molar-refractivity contribution in [3.63, 3.8) is 0 Å². The van der Waals surface area contributed by atoms with Crippen molar-refractivity contribution in [3.05, 3.63) is 75.7 Å². The van der Waals surface area contributed by atoms with Crippen molar-refractivity contribution in [2.75, 3.05) is 5.32 Å². The molecular formula is C20H13ClF2N4O3. The molecule has 0 aliphatic carbocycles. The number of amides is 1. The van der Waals surface area contributed by atoms with Gasteiger partial charge in [0.2, 0.25) is 0 Å². The number of benzene rings is 2. The first kappa shape index (κ1) is 19.6. The largest absolute Gasteiger partial charge is 0.465 e. The van der Waals surface area contributed by atoms with E-state index in [2.05, 4.69) is 10.4 Å². The van der Waals surface area contributed by atoms with Crippen molar-refractivity contribution in [2.24, 2.45) is 7.05 Å². The zero-order valence-electron chi connectivity index (χ0n) is 15.4. The Hall–Kier alpha value is -3.72. The van der Waals surface area contributed by atoms with Gasteiger partial charge < -0.3 is 5.11 Å². The minimum absolute atomic E-state index is 0.178. The summed E-state index contributed by atoms with van der Waals surface area (Å²) >= 11 is 6.24. The Morgan fingerprint density at radius 3 is 2.50 bits per heavy atom. The minimum atomic E-state index is -1.26. The van der Waals surface area contributed by atoms with Crippen LogP contribution < -0.4 is 10.9 Å². The maximum Gasteiger partial charge on any atom is 0.409 e. The Morgan fingerprint density at radius 2 is 1.83 bits per heavy atom. The number of aryl methyl sites for hydroxylation is 1. The first-order chi connectivity index (χ1) is 14.3. The summed E-state index contributed by atoms with van der Waals surface area (Å²) in [6.45, 7) is 0. The van der Waals surface area contributed by atoms with Crippen LogP contribution in [-0.2, 0) is 7.05 Å². The van der Waals surface area contributed by atoms with Crippen LogP contribution in [0.2, 0.25) is 5.02 Å². The summed E-state index contributed by atoms with van der Waals surface area (Å²) in [5, 5.41) is 15.8. The van der Waals surface area contributed by atoms with Crippen LogP contribution in [0.5, 0.6) is 0 Å². The molecule has 30 heavy (non-hydrogen) atoms. The van der Waals surface area contributed by atoms with Gasteiger partial charge in [-0.1, -0.05) is 17.7 Å². The first-order valence-corrected chi connectivity index (χ1v) is 8.97. The van der Waals surface area contributed by atoms with E-state index in [1.807, 2.05) is 0 Å². The van der Waals surface area contributed by atoms with Gasteiger partial charge in [0.25, 0.3) is 5.56 Å². The van der Waals surface area contributed by atoms with Crippen LogP contribution in [0.15, 0.2) is 53.5 Å². The molecule has 0 radical (unpaired) electrons. The molecule has 1 amide bonds. The first-order valence-electron chi connectivity index (χ1n) is 8.60. The summed E-state index contributed by atoms with van der Waals surface area (Å²) in [5.74, 6) is -1.65. The summed E-state index contributed by atoms with van der Waals surface area (Å²) < 4.78 is 30.7. The molecule has 0 saturated carbocycles. The van der Waals surface area contributed by atoms with E-state index in [1.165, 1.54) is 48.1 Å². The average molecular weight is 431 g/mol. The molecule has 0 unspecified atom stereocenters. The highest BCUT2D eigenvalue weighted by Crippen LogP contribution is 2.31. The molecule has 2 N–H and O–H groups in total. The van der Waals surface area contributed by atoms with Gasteiger partial charge in [0.1, 0.15) is 11.3 Å². The summed E-state index contributed by atoms with van der Waals surface area (Å²) in [7, 11) is 1.44. The fraction of sp³-hybridized carbons (Fsp3) is 0.0500. The molecule has 2 aromatic heterocycles. The second-order valence-electron chi connectivity index (χ2n) is 6.45. The monoisotopic (exact) mass is 430 g/mol. The fourth-order valence-corrected chi connectivity index (χ4v) is 3.49. The normalized spacial score (nSPS) is 11.1. The van der Waals surface area contributed by atoms with Gasteiger partial charge in [-0.2, -0.15) is 5.10 Å². The second-order valence-corrected chi connectivity index (χ2v) is 6.86. The van der Waals surface area contributed by atoms with E-state index in [-0.39, 0.29) is 21.9 Å². The van der Waals surface area contributed by atoms with Crippen LogP contribution in [0.3, 0.4) is 0 Å². The maximum absolute atomic E-state index is 14.3. The maximum atomic E-state index is 14.3. The van der Waals surface area contributed by atoms with Crippen LogP contribution in [0.4, 0.5) is 19.3 Å². The number of hydrogen-bond acceptors (Lipinski definition) is 3. The Labute approximate surface area is 172 Å². The number of para-hydroxylation sites is 1. The van der Waals surface area contributed by atoms with Crippen molar-refractivity contribution in [3.8, 4) is 16.8 Å². The Bertz CT molecular complexity index is 1360. The highest BCUT2D eigenvalue weighted by Gasteiger charge is 2.19. The molecule has 0 saturated heterocycles. The predicted molar refractivity (Wildman–Crippen MR) is 108 cm³/mol. The van der Waals surface area contributed by atoms with Crippen LogP contribution in [0.1, 0.15) is 0 Å². The van der Waals surface area contributed by atoms with E-state index < -0.39 is 29.0 Å². The van der Waals surface area contributed by atoms with Crippen LogP contribution in [0.25, 0.3) is 27.8 Å². The summed E-state index contributed by atoms with van der Waals surface area (Å²) in [5.41, 5.74) is -0.0130. The van der Waals surface area contributed by atoms with Crippen molar-refractivity contribution in [2.45, 2.75) is 0 Å². The lowest BCUT2D eigenvalue weighted by Gasteiger charge is -2.12. The number of anilines is 1. The molecule has 2 heterocycles. The number of halogens is 3. The smallest absolute Gasteiger partial charge is 0.409 e. The van der Waals surface area contributed by atoms with Gasteiger partial charge in [-0.15, -0.1) is 0 Å². The highest BCUT2D eigenvalue weighted by atomic mass is 35.5. The van der Waals surface area contributed by atoms with E-state index in [4.69, 9.17) is 16.7 Å². The quantitative estimate of drug-likeness (QED) is 0.503. The second kappa shape index (κ2) is 7.27. The van der Waals surface area contributed by atoms with Gasteiger partial charge in [-0.05, 0) is 36.4 Å². The van der Waals surface area contributed by atoms with Crippen LogP contribution in [-0.4, -0.2) is 25.5 Å². The third kappa shape index (κ3) is 3.18. The summed E-state index contributed by atoms with van der Waals surface area (Å²) in [4.78, 5) is 24.0. The third-order valence-corrected chi connectivity index (χ3v) is 4.91. The number of rotatable bonds is 3. The van der Waals surface area contributed by atoms with Crippen molar-refractivity contribution in [1.82, 2.24) is 14.3 Å². The van der Waals surface area contributed by atoms with E-state index in [0.717, 1.165) is 16.8 Å². The molecule has 0 fully saturated rings. The fourth-order valence-electron chi connectivity index (χ4n) is 3.27. The van der Waals surface area contributed by atoms with E-state index >= 15 is 0 Å². The van der Waals surface area contributed by atoms with Gasteiger partial charge in [0.15, 0.2) is 11.6 Å². The molecule has 4 rings (SSSR count). The van der Waals surface area contributed by atoms with Gasteiger partial charge >= 0.3 is 6.09 Å². The van der Waals surface area contributed by atoms with Crippen LogP contribution >= 0.6 is 11.6 Å². The zero-order valence-corrected chi connectivity index (χ0v) is 16.1. The lowest BCUT2D eigenvalue weighted by atomic mass is 10.1. The lowest BCUT2D eigenvalue weighted by molar-refractivity contribution is 0.210. The van der Waals surface area contributed by atoms with E-state index in [0.29, 0.717) is 10.9 Å². The molecule has 0 aliphatic heterocycles. The molecule has 0 atom stereocenters. The van der Waals surface area contributed by atoms with Gasteiger partial charge in [0, 0.05) is 34.3 Å². The van der Waals surface area contributed by atoms with Crippen molar-refractivity contribution >= 4 is 34.4 Å². The molecule has 4 aromatic rings. The predicted octanol–water partition coefficient (Wildman–Crippen LogP) is 4.41. The molecule has 0 spiro atoms. The van der Waals surface area contributed by atoms with E-state index in [1.54, 1.807) is 0 Å². The molecular weight excluding hydrogens is 418 g/mol. The van der Waals surface area contributed by atoms with Gasteiger partial charge in [0.05, 0.1) is 6.20 Å². The number of hydrogen-bond donors (Lipinski definition) is 2. The third-order valence-electron chi connectivity index (χ3n) is 4.58. The Balaban J connectivity index is 1.96. The number of aromatic nitrogens is 3. The SMILES string of the molecule is Cn1c(=O)c(-c2cc(NC(=O)O)ccc2Cl)cc2cnn(-c3c(F)cccc3F)c21. The molecule has 7 nitrogen and oxygen atoms in total. The number of nitrogens with zero attached hydrogens (tertiary/aromatic N) is 3. The molecule has 2 aromatic carbocycles.